The van der Waals surface area contributed by atoms with Gasteiger partial charge in [-0.3, -0.25) is 0 Å². The Hall–Kier alpha value is -0.980. The molecule has 0 saturated heterocycles. The Bertz CT molecular complexity index is 544. The third-order valence-electron chi connectivity index (χ3n) is 2.94. The number of nitrogens with zero attached hydrogens (tertiary/aromatic N) is 1. The predicted molar refractivity (Wildman–Crippen MR) is 78.4 cm³/mol. The summed E-state index contributed by atoms with van der Waals surface area (Å²) in [5, 5.41) is 0. The number of hydrogen-bond donors (Lipinski definition) is 1. The van der Waals surface area contributed by atoms with Gasteiger partial charge in [0.15, 0.2) is 0 Å². The van der Waals surface area contributed by atoms with Crippen molar-refractivity contribution in [2.75, 3.05) is 19.6 Å². The second-order valence-electron chi connectivity index (χ2n) is 5.31. The van der Waals surface area contributed by atoms with Gasteiger partial charge in [0.2, 0.25) is 10.0 Å². The highest BCUT2D eigenvalue weighted by atomic mass is 32.2. The summed E-state index contributed by atoms with van der Waals surface area (Å²) in [6.45, 7) is 6.77. The number of nitrogens with two attached hydrogens (primary N) is 1. The molecule has 0 saturated carbocycles. The summed E-state index contributed by atoms with van der Waals surface area (Å²) < 4.78 is 39.9. The molecule has 1 aromatic carbocycles. The summed E-state index contributed by atoms with van der Waals surface area (Å²) in [6, 6.07) is 3.75. The summed E-state index contributed by atoms with van der Waals surface area (Å²) >= 11 is 0. The van der Waals surface area contributed by atoms with E-state index < -0.39 is 15.8 Å². The van der Waals surface area contributed by atoms with Crippen molar-refractivity contribution in [1.29, 1.82) is 0 Å². The molecular formula is C14H23FN2O2S. The van der Waals surface area contributed by atoms with E-state index in [1.54, 1.807) is 6.92 Å². The molecule has 0 radical (unpaired) electrons. The first-order valence-electron chi connectivity index (χ1n) is 6.75. The molecule has 20 heavy (non-hydrogen) atoms. The number of benzene rings is 1. The third kappa shape index (κ3) is 4.26. The summed E-state index contributed by atoms with van der Waals surface area (Å²) in [6.07, 6.45) is 0.603. The standard InChI is InChI=1S/C14H23FN2O2S/c1-11(2)10-17(8-4-7-16)20(18,19)14-6-5-13(15)9-12(14)3/h5-6,9,11H,4,7-8,10,16H2,1-3H3. The lowest BCUT2D eigenvalue weighted by Crippen LogP contribution is -2.36. The molecule has 0 spiro atoms. The van der Waals surface area contributed by atoms with Gasteiger partial charge in [-0.25, -0.2) is 12.8 Å². The number of aryl methyl sites for hydroxylation is 1. The van der Waals surface area contributed by atoms with Gasteiger partial charge in [0.1, 0.15) is 5.82 Å². The number of sulfonamides is 1. The van der Waals surface area contributed by atoms with Crippen LogP contribution in [0.3, 0.4) is 0 Å². The van der Waals surface area contributed by atoms with E-state index in [0.29, 0.717) is 31.6 Å². The second kappa shape index (κ2) is 7.15. The van der Waals surface area contributed by atoms with Crippen molar-refractivity contribution in [2.45, 2.75) is 32.1 Å². The lowest BCUT2D eigenvalue weighted by atomic mass is 10.2. The first kappa shape index (κ1) is 17.1. The van der Waals surface area contributed by atoms with Gasteiger partial charge in [0, 0.05) is 13.1 Å². The molecule has 4 nitrogen and oxygen atoms in total. The zero-order valence-corrected chi connectivity index (χ0v) is 13.1. The van der Waals surface area contributed by atoms with Crippen molar-refractivity contribution >= 4 is 10.0 Å². The van der Waals surface area contributed by atoms with Crippen LogP contribution in [0.15, 0.2) is 23.1 Å². The van der Waals surface area contributed by atoms with Crippen LogP contribution in [0.25, 0.3) is 0 Å². The summed E-state index contributed by atoms with van der Waals surface area (Å²) in [5.41, 5.74) is 5.89. The van der Waals surface area contributed by atoms with Crippen molar-refractivity contribution in [1.82, 2.24) is 4.31 Å². The lowest BCUT2D eigenvalue weighted by Gasteiger charge is -2.24. The van der Waals surface area contributed by atoms with Gasteiger partial charge in [-0.1, -0.05) is 13.8 Å². The van der Waals surface area contributed by atoms with Crippen molar-refractivity contribution in [3.05, 3.63) is 29.6 Å². The Balaban J connectivity index is 3.14. The van der Waals surface area contributed by atoms with E-state index in [2.05, 4.69) is 0 Å². The minimum absolute atomic E-state index is 0.163. The van der Waals surface area contributed by atoms with Crippen molar-refractivity contribution in [2.24, 2.45) is 11.7 Å². The van der Waals surface area contributed by atoms with Gasteiger partial charge >= 0.3 is 0 Å². The summed E-state index contributed by atoms with van der Waals surface area (Å²) in [4.78, 5) is 0.163. The van der Waals surface area contributed by atoms with Gasteiger partial charge in [-0.2, -0.15) is 4.31 Å². The molecule has 0 heterocycles. The molecule has 1 rings (SSSR count). The van der Waals surface area contributed by atoms with Crippen LogP contribution in [-0.2, 0) is 10.0 Å². The Morgan fingerprint density at radius 3 is 2.50 bits per heavy atom. The fourth-order valence-electron chi connectivity index (χ4n) is 2.03. The van der Waals surface area contributed by atoms with Gasteiger partial charge in [-0.05, 0) is 49.6 Å². The first-order chi connectivity index (χ1) is 9.28. The SMILES string of the molecule is Cc1cc(F)ccc1S(=O)(=O)N(CCCN)CC(C)C. The smallest absolute Gasteiger partial charge is 0.243 e. The van der Waals surface area contributed by atoms with Crippen molar-refractivity contribution in [3.63, 3.8) is 0 Å². The number of rotatable bonds is 7. The number of halogens is 1. The monoisotopic (exact) mass is 302 g/mol. The van der Waals surface area contributed by atoms with Crippen LogP contribution < -0.4 is 5.73 Å². The summed E-state index contributed by atoms with van der Waals surface area (Å²) in [5.74, 6) is -0.220. The lowest BCUT2D eigenvalue weighted by molar-refractivity contribution is 0.364. The Morgan fingerprint density at radius 1 is 1.35 bits per heavy atom. The molecule has 1 aromatic rings. The van der Waals surface area contributed by atoms with E-state index >= 15 is 0 Å². The average Bonchev–Trinajstić information content (AvgIpc) is 2.33. The van der Waals surface area contributed by atoms with Crippen LogP contribution in [0.1, 0.15) is 25.8 Å². The van der Waals surface area contributed by atoms with Gasteiger partial charge in [0.05, 0.1) is 4.90 Å². The van der Waals surface area contributed by atoms with Gasteiger partial charge in [-0.15, -0.1) is 0 Å². The molecule has 0 unspecified atom stereocenters. The Morgan fingerprint density at radius 2 is 2.00 bits per heavy atom. The highest BCUT2D eigenvalue weighted by Crippen LogP contribution is 2.21. The molecule has 0 aliphatic carbocycles. The number of hydrogen-bond acceptors (Lipinski definition) is 3. The fourth-order valence-corrected chi connectivity index (χ4v) is 3.87. The predicted octanol–water partition coefficient (Wildman–Crippen LogP) is 2.13. The maximum Gasteiger partial charge on any atom is 0.243 e. The molecule has 0 bridgehead atoms. The third-order valence-corrected chi connectivity index (χ3v) is 4.96. The van der Waals surface area contributed by atoms with Gasteiger partial charge < -0.3 is 5.73 Å². The molecule has 2 N–H and O–H groups in total. The van der Waals surface area contributed by atoms with E-state index in [4.69, 9.17) is 5.73 Å². The molecule has 114 valence electrons. The quantitative estimate of drug-likeness (QED) is 0.839. The maximum atomic E-state index is 13.1. The van der Waals surface area contributed by atoms with E-state index in [1.165, 1.54) is 22.5 Å². The van der Waals surface area contributed by atoms with Crippen LogP contribution in [0.2, 0.25) is 0 Å². The van der Waals surface area contributed by atoms with Crippen LogP contribution in [0.5, 0.6) is 0 Å². The summed E-state index contributed by atoms with van der Waals surface area (Å²) in [7, 11) is -3.60. The Labute approximate surface area is 120 Å². The fraction of sp³-hybridized carbons (Fsp3) is 0.571. The van der Waals surface area contributed by atoms with E-state index in [-0.39, 0.29) is 10.8 Å². The van der Waals surface area contributed by atoms with E-state index in [1.807, 2.05) is 13.8 Å². The molecule has 0 aliphatic heterocycles. The topological polar surface area (TPSA) is 63.4 Å². The van der Waals surface area contributed by atoms with Crippen molar-refractivity contribution < 1.29 is 12.8 Å². The largest absolute Gasteiger partial charge is 0.330 e. The van der Waals surface area contributed by atoms with Crippen LogP contribution >= 0.6 is 0 Å². The molecule has 0 amide bonds. The van der Waals surface area contributed by atoms with Crippen LogP contribution in [-0.4, -0.2) is 32.4 Å². The van der Waals surface area contributed by atoms with E-state index in [9.17, 15) is 12.8 Å². The molecule has 0 atom stereocenters. The van der Waals surface area contributed by atoms with E-state index in [0.717, 1.165) is 0 Å². The molecule has 6 heteroatoms. The zero-order chi connectivity index (χ0) is 15.3. The van der Waals surface area contributed by atoms with Crippen LogP contribution in [0.4, 0.5) is 4.39 Å². The zero-order valence-electron chi connectivity index (χ0n) is 12.3. The minimum atomic E-state index is -3.60. The average molecular weight is 302 g/mol. The molecule has 0 aliphatic rings. The first-order valence-corrected chi connectivity index (χ1v) is 8.19. The normalized spacial score (nSPS) is 12.3. The second-order valence-corrected chi connectivity index (χ2v) is 7.22. The highest BCUT2D eigenvalue weighted by molar-refractivity contribution is 7.89. The van der Waals surface area contributed by atoms with Crippen molar-refractivity contribution in [3.8, 4) is 0 Å². The maximum absolute atomic E-state index is 13.1. The Kier molecular flexibility index (Phi) is 6.10. The highest BCUT2D eigenvalue weighted by Gasteiger charge is 2.26. The molecule has 0 aromatic heterocycles. The molecular weight excluding hydrogens is 279 g/mol. The van der Waals surface area contributed by atoms with Crippen LogP contribution in [0, 0.1) is 18.7 Å². The molecule has 0 fully saturated rings. The minimum Gasteiger partial charge on any atom is -0.330 e. The van der Waals surface area contributed by atoms with Gasteiger partial charge in [0.25, 0.3) is 0 Å².